The van der Waals surface area contributed by atoms with E-state index in [1.807, 2.05) is 24.3 Å². The van der Waals surface area contributed by atoms with E-state index < -0.39 is 0 Å². The number of nitrogens with two attached hydrogens (primary N) is 1. The molecule has 98 valence electrons. The smallest absolute Gasteiger partial charge is 0.159 e. The third-order valence-corrected chi connectivity index (χ3v) is 3.13. The van der Waals surface area contributed by atoms with Crippen molar-refractivity contribution in [1.29, 1.82) is 0 Å². The summed E-state index contributed by atoms with van der Waals surface area (Å²) in [5, 5.41) is 3.32. The van der Waals surface area contributed by atoms with Crippen LogP contribution in [-0.2, 0) is 6.42 Å². The number of anilines is 3. The maximum atomic E-state index is 11.3. The summed E-state index contributed by atoms with van der Waals surface area (Å²) in [5.41, 5.74) is 10.3. The van der Waals surface area contributed by atoms with Gasteiger partial charge in [0.15, 0.2) is 5.78 Å². The monoisotopic (exact) mass is 254 g/mol. The Bertz CT molecular complexity index is 605. The van der Waals surface area contributed by atoms with Crippen LogP contribution in [0.3, 0.4) is 0 Å². The zero-order valence-electron chi connectivity index (χ0n) is 11.2. The summed E-state index contributed by atoms with van der Waals surface area (Å²) < 4.78 is 0. The fraction of sp³-hybridized carbons (Fsp3) is 0.188. The van der Waals surface area contributed by atoms with Gasteiger partial charge in [-0.2, -0.15) is 0 Å². The summed E-state index contributed by atoms with van der Waals surface area (Å²) >= 11 is 0. The van der Waals surface area contributed by atoms with Crippen LogP contribution in [0.5, 0.6) is 0 Å². The van der Waals surface area contributed by atoms with E-state index in [1.54, 1.807) is 12.1 Å². The molecule has 3 nitrogen and oxygen atoms in total. The summed E-state index contributed by atoms with van der Waals surface area (Å²) in [4.78, 5) is 11.3. The number of Topliss-reactive ketones (excluding diaryl/α,β-unsaturated/α-hetero) is 1. The molecule has 2 aromatic carbocycles. The first-order valence-corrected chi connectivity index (χ1v) is 6.37. The molecule has 0 aliphatic heterocycles. The average Bonchev–Trinajstić information content (AvgIpc) is 2.41. The highest BCUT2D eigenvalue weighted by Gasteiger charge is 2.06. The summed E-state index contributed by atoms with van der Waals surface area (Å²) in [6, 6.07) is 13.5. The van der Waals surface area contributed by atoms with Crippen molar-refractivity contribution in [2.75, 3.05) is 11.1 Å². The van der Waals surface area contributed by atoms with Crippen LogP contribution in [0, 0.1) is 0 Å². The fourth-order valence-electron chi connectivity index (χ4n) is 1.99. The quantitative estimate of drug-likeness (QED) is 0.645. The second-order valence-electron chi connectivity index (χ2n) is 4.49. The highest BCUT2D eigenvalue weighted by Crippen LogP contribution is 2.26. The lowest BCUT2D eigenvalue weighted by atomic mass is 10.1. The molecule has 0 saturated heterocycles. The van der Waals surface area contributed by atoms with Crippen LogP contribution in [0.1, 0.15) is 29.8 Å². The van der Waals surface area contributed by atoms with Gasteiger partial charge >= 0.3 is 0 Å². The predicted octanol–water partition coefficient (Wildman–Crippen LogP) is 3.78. The van der Waals surface area contributed by atoms with E-state index in [0.29, 0.717) is 11.3 Å². The zero-order chi connectivity index (χ0) is 13.8. The number of rotatable bonds is 4. The van der Waals surface area contributed by atoms with Crippen molar-refractivity contribution in [3.8, 4) is 0 Å². The maximum absolute atomic E-state index is 11.3. The number of nitrogen functional groups attached to an aromatic ring is 1. The van der Waals surface area contributed by atoms with Crippen LogP contribution in [0.4, 0.5) is 17.1 Å². The molecule has 0 aromatic heterocycles. The zero-order valence-corrected chi connectivity index (χ0v) is 11.2. The summed E-state index contributed by atoms with van der Waals surface area (Å²) in [5.74, 6) is 0.0206. The predicted molar refractivity (Wildman–Crippen MR) is 80.0 cm³/mol. The number of benzene rings is 2. The molecule has 0 amide bonds. The molecule has 2 aromatic rings. The molecule has 0 unspecified atom stereocenters. The Hall–Kier alpha value is -2.29. The molecule has 19 heavy (non-hydrogen) atoms. The molecule has 0 saturated carbocycles. The highest BCUT2D eigenvalue weighted by molar-refractivity contribution is 5.96. The molecular weight excluding hydrogens is 236 g/mol. The number of ketones is 1. The van der Waals surface area contributed by atoms with E-state index in [-0.39, 0.29) is 5.78 Å². The van der Waals surface area contributed by atoms with Crippen molar-refractivity contribution in [3.05, 3.63) is 53.6 Å². The van der Waals surface area contributed by atoms with Gasteiger partial charge in [0.25, 0.3) is 0 Å². The molecule has 0 atom stereocenters. The standard InChI is InChI=1S/C16H18N2O/c1-3-12-6-4-5-7-15(12)18-16-9-8-13(11(2)19)10-14(16)17/h4-10,18H,3,17H2,1-2H3. The Morgan fingerprint density at radius 2 is 1.89 bits per heavy atom. The first-order valence-electron chi connectivity index (χ1n) is 6.37. The fourth-order valence-corrected chi connectivity index (χ4v) is 1.99. The molecule has 0 aliphatic carbocycles. The van der Waals surface area contributed by atoms with E-state index in [9.17, 15) is 4.79 Å². The number of para-hydroxylation sites is 1. The maximum Gasteiger partial charge on any atom is 0.159 e. The highest BCUT2D eigenvalue weighted by atomic mass is 16.1. The molecule has 0 fully saturated rings. The van der Waals surface area contributed by atoms with Gasteiger partial charge in [-0.15, -0.1) is 0 Å². The third-order valence-electron chi connectivity index (χ3n) is 3.13. The average molecular weight is 254 g/mol. The molecule has 3 heteroatoms. The Morgan fingerprint density at radius 3 is 2.53 bits per heavy atom. The lowest BCUT2D eigenvalue weighted by Crippen LogP contribution is -2.01. The van der Waals surface area contributed by atoms with Crippen molar-refractivity contribution in [1.82, 2.24) is 0 Å². The SMILES string of the molecule is CCc1ccccc1Nc1ccc(C(C)=O)cc1N. The van der Waals surface area contributed by atoms with E-state index >= 15 is 0 Å². The topological polar surface area (TPSA) is 55.1 Å². The summed E-state index contributed by atoms with van der Waals surface area (Å²) in [6.07, 6.45) is 0.953. The van der Waals surface area contributed by atoms with Crippen LogP contribution in [0.15, 0.2) is 42.5 Å². The van der Waals surface area contributed by atoms with Crippen molar-refractivity contribution in [3.63, 3.8) is 0 Å². The first kappa shape index (κ1) is 13.1. The van der Waals surface area contributed by atoms with Gasteiger partial charge in [0.05, 0.1) is 11.4 Å². The number of nitrogens with one attached hydrogen (secondary N) is 1. The number of aryl methyl sites for hydroxylation is 1. The second-order valence-corrected chi connectivity index (χ2v) is 4.49. The lowest BCUT2D eigenvalue weighted by Gasteiger charge is -2.13. The minimum Gasteiger partial charge on any atom is -0.397 e. The Balaban J connectivity index is 2.31. The van der Waals surface area contributed by atoms with Crippen LogP contribution in [-0.4, -0.2) is 5.78 Å². The minimum atomic E-state index is 0.0206. The Morgan fingerprint density at radius 1 is 1.16 bits per heavy atom. The van der Waals surface area contributed by atoms with Gasteiger partial charge in [-0.05, 0) is 43.2 Å². The Kier molecular flexibility index (Phi) is 3.85. The van der Waals surface area contributed by atoms with Gasteiger partial charge in [0.1, 0.15) is 0 Å². The summed E-state index contributed by atoms with van der Waals surface area (Å²) in [7, 11) is 0. The lowest BCUT2D eigenvalue weighted by molar-refractivity contribution is 0.101. The summed E-state index contributed by atoms with van der Waals surface area (Å²) in [6.45, 7) is 3.65. The van der Waals surface area contributed by atoms with Crippen LogP contribution >= 0.6 is 0 Å². The van der Waals surface area contributed by atoms with Crippen molar-refractivity contribution in [2.24, 2.45) is 0 Å². The largest absolute Gasteiger partial charge is 0.397 e. The van der Waals surface area contributed by atoms with Crippen LogP contribution in [0.25, 0.3) is 0 Å². The molecule has 0 bridgehead atoms. The molecule has 0 heterocycles. The van der Waals surface area contributed by atoms with Crippen LogP contribution < -0.4 is 11.1 Å². The molecule has 2 rings (SSSR count). The normalized spacial score (nSPS) is 10.2. The van der Waals surface area contributed by atoms with Gasteiger partial charge in [0.2, 0.25) is 0 Å². The number of carbonyl (C=O) groups is 1. The number of hydrogen-bond acceptors (Lipinski definition) is 3. The van der Waals surface area contributed by atoms with E-state index in [0.717, 1.165) is 17.8 Å². The van der Waals surface area contributed by atoms with Crippen molar-refractivity contribution < 1.29 is 4.79 Å². The van der Waals surface area contributed by atoms with E-state index in [4.69, 9.17) is 5.73 Å². The third kappa shape index (κ3) is 2.94. The van der Waals surface area contributed by atoms with Gasteiger partial charge in [-0.3, -0.25) is 4.79 Å². The second kappa shape index (κ2) is 5.57. The number of carbonyl (C=O) groups excluding carboxylic acids is 1. The Labute approximate surface area is 113 Å². The first-order chi connectivity index (χ1) is 9.11. The van der Waals surface area contributed by atoms with E-state index in [1.165, 1.54) is 12.5 Å². The van der Waals surface area contributed by atoms with Gasteiger partial charge in [-0.25, -0.2) is 0 Å². The van der Waals surface area contributed by atoms with Crippen LogP contribution in [0.2, 0.25) is 0 Å². The number of hydrogen-bond donors (Lipinski definition) is 2. The molecular formula is C16H18N2O. The minimum absolute atomic E-state index is 0.0206. The van der Waals surface area contributed by atoms with Crippen molar-refractivity contribution >= 4 is 22.8 Å². The molecule has 0 aliphatic rings. The molecule has 0 spiro atoms. The van der Waals surface area contributed by atoms with Gasteiger partial charge in [0, 0.05) is 11.3 Å². The van der Waals surface area contributed by atoms with Gasteiger partial charge < -0.3 is 11.1 Å². The molecule has 3 N–H and O–H groups in total. The van der Waals surface area contributed by atoms with E-state index in [2.05, 4.69) is 18.3 Å². The molecule has 0 radical (unpaired) electrons. The van der Waals surface area contributed by atoms with Crippen molar-refractivity contribution in [2.45, 2.75) is 20.3 Å². The van der Waals surface area contributed by atoms with Gasteiger partial charge in [-0.1, -0.05) is 25.1 Å².